The molecule has 0 bridgehead atoms. The maximum Gasteiger partial charge on any atom is 0.306 e. The monoisotopic (exact) mass is 292 g/mol. The van der Waals surface area contributed by atoms with Gasteiger partial charge in [-0.25, -0.2) is 0 Å². The van der Waals surface area contributed by atoms with E-state index in [2.05, 4.69) is 19.1 Å². The van der Waals surface area contributed by atoms with Crippen molar-refractivity contribution in [2.24, 2.45) is 11.8 Å². The van der Waals surface area contributed by atoms with Crippen LogP contribution in [0.3, 0.4) is 0 Å². The van der Waals surface area contributed by atoms with E-state index in [1.165, 1.54) is 5.56 Å². The van der Waals surface area contributed by atoms with Crippen molar-refractivity contribution in [1.82, 2.24) is 0 Å². The molecule has 0 aliphatic heterocycles. The summed E-state index contributed by atoms with van der Waals surface area (Å²) >= 11 is 0. The van der Waals surface area contributed by atoms with Gasteiger partial charge in [0.2, 0.25) is 0 Å². The molecular formula is C17H24O4. The van der Waals surface area contributed by atoms with E-state index < -0.39 is 23.8 Å². The normalized spacial score (nSPS) is 13.6. The van der Waals surface area contributed by atoms with Gasteiger partial charge in [-0.2, -0.15) is 0 Å². The second-order valence-corrected chi connectivity index (χ2v) is 5.62. The molecular weight excluding hydrogens is 268 g/mol. The summed E-state index contributed by atoms with van der Waals surface area (Å²) in [6.07, 6.45) is 3.47. The maximum atomic E-state index is 11.2. The van der Waals surface area contributed by atoms with Crippen LogP contribution in [0.1, 0.15) is 44.2 Å². The van der Waals surface area contributed by atoms with Crippen LogP contribution in [0.4, 0.5) is 0 Å². The van der Waals surface area contributed by atoms with E-state index in [0.29, 0.717) is 12.8 Å². The van der Waals surface area contributed by atoms with E-state index in [1.54, 1.807) is 6.92 Å². The zero-order valence-electron chi connectivity index (χ0n) is 12.7. The Morgan fingerprint density at radius 2 is 1.52 bits per heavy atom. The molecule has 0 spiro atoms. The minimum atomic E-state index is -0.940. The zero-order valence-corrected chi connectivity index (χ0v) is 12.7. The number of hydrogen-bond acceptors (Lipinski definition) is 2. The fourth-order valence-electron chi connectivity index (χ4n) is 2.37. The van der Waals surface area contributed by atoms with E-state index in [9.17, 15) is 14.7 Å². The summed E-state index contributed by atoms with van der Waals surface area (Å²) in [6, 6.07) is 8.22. The molecule has 2 atom stereocenters. The Kier molecular flexibility index (Phi) is 6.92. The standard InChI is InChI=1S/C17H24O4/c1-3-4-13-5-7-14(8-6-13)9-10-15(17(20)21)11-12(2)16(18)19/h5-8,12,15H,3-4,9-11H2,1-2H3,(H,18,19)(H,20,21)/t12?,15-/m0/s1. The highest BCUT2D eigenvalue weighted by Crippen LogP contribution is 2.19. The van der Waals surface area contributed by atoms with E-state index in [1.807, 2.05) is 12.1 Å². The van der Waals surface area contributed by atoms with E-state index in [-0.39, 0.29) is 6.42 Å². The molecule has 4 nitrogen and oxygen atoms in total. The third-order valence-corrected chi connectivity index (χ3v) is 3.75. The molecule has 0 radical (unpaired) electrons. The fourth-order valence-corrected chi connectivity index (χ4v) is 2.37. The Morgan fingerprint density at radius 3 is 1.95 bits per heavy atom. The van der Waals surface area contributed by atoms with E-state index >= 15 is 0 Å². The average molecular weight is 292 g/mol. The predicted octanol–water partition coefficient (Wildman–Crippen LogP) is 3.38. The first-order valence-electron chi connectivity index (χ1n) is 7.47. The number of carbonyl (C=O) groups is 2. The number of hydrogen-bond donors (Lipinski definition) is 2. The Labute approximate surface area is 125 Å². The van der Waals surface area contributed by atoms with Crippen LogP contribution in [0.2, 0.25) is 0 Å². The molecule has 0 saturated carbocycles. The van der Waals surface area contributed by atoms with Gasteiger partial charge in [0.1, 0.15) is 0 Å². The second-order valence-electron chi connectivity index (χ2n) is 5.62. The van der Waals surface area contributed by atoms with Crippen molar-refractivity contribution in [1.29, 1.82) is 0 Å². The molecule has 1 aromatic carbocycles. The molecule has 4 heteroatoms. The first kappa shape index (κ1) is 17.2. The van der Waals surface area contributed by atoms with Gasteiger partial charge in [-0.3, -0.25) is 9.59 Å². The lowest BCUT2D eigenvalue weighted by Gasteiger charge is -2.15. The molecule has 2 N–H and O–H groups in total. The molecule has 21 heavy (non-hydrogen) atoms. The molecule has 1 aromatic rings. The lowest BCUT2D eigenvalue weighted by atomic mass is 9.90. The highest BCUT2D eigenvalue weighted by Gasteiger charge is 2.23. The number of aryl methyl sites for hydroxylation is 2. The third-order valence-electron chi connectivity index (χ3n) is 3.75. The molecule has 1 rings (SSSR count). The van der Waals surface area contributed by atoms with Crippen molar-refractivity contribution in [3.8, 4) is 0 Å². The van der Waals surface area contributed by atoms with Gasteiger partial charge in [0.05, 0.1) is 11.8 Å². The van der Waals surface area contributed by atoms with Gasteiger partial charge in [-0.15, -0.1) is 0 Å². The van der Waals surface area contributed by atoms with Crippen LogP contribution >= 0.6 is 0 Å². The summed E-state index contributed by atoms with van der Waals surface area (Å²) in [5.74, 6) is -3.08. The van der Waals surface area contributed by atoms with Gasteiger partial charge in [0.25, 0.3) is 0 Å². The van der Waals surface area contributed by atoms with Crippen molar-refractivity contribution in [3.05, 3.63) is 35.4 Å². The lowest BCUT2D eigenvalue weighted by Crippen LogP contribution is -2.21. The minimum Gasteiger partial charge on any atom is -0.481 e. The first-order chi connectivity index (χ1) is 9.93. The second kappa shape index (κ2) is 8.45. The summed E-state index contributed by atoms with van der Waals surface area (Å²) in [5.41, 5.74) is 2.39. The van der Waals surface area contributed by atoms with E-state index in [0.717, 1.165) is 18.4 Å². The molecule has 0 aromatic heterocycles. The largest absolute Gasteiger partial charge is 0.481 e. The fraction of sp³-hybridized carbons (Fsp3) is 0.529. The van der Waals surface area contributed by atoms with Gasteiger partial charge in [-0.1, -0.05) is 44.5 Å². The molecule has 0 amide bonds. The zero-order chi connectivity index (χ0) is 15.8. The summed E-state index contributed by atoms with van der Waals surface area (Å²) in [5, 5.41) is 18.1. The number of rotatable bonds is 9. The Balaban J connectivity index is 2.56. The quantitative estimate of drug-likeness (QED) is 0.731. The van der Waals surface area contributed by atoms with E-state index in [4.69, 9.17) is 5.11 Å². The third kappa shape index (κ3) is 5.98. The van der Waals surface area contributed by atoms with Gasteiger partial charge in [-0.05, 0) is 36.8 Å². The molecule has 116 valence electrons. The summed E-state index contributed by atoms with van der Waals surface area (Å²) < 4.78 is 0. The van der Waals surface area contributed by atoms with Crippen LogP contribution < -0.4 is 0 Å². The number of carboxylic acid groups (broad SMARTS) is 2. The number of aliphatic carboxylic acids is 2. The Hall–Kier alpha value is -1.84. The smallest absolute Gasteiger partial charge is 0.306 e. The molecule has 1 unspecified atom stereocenters. The maximum absolute atomic E-state index is 11.2. The highest BCUT2D eigenvalue weighted by molar-refractivity contribution is 5.73. The van der Waals surface area contributed by atoms with Crippen molar-refractivity contribution in [3.63, 3.8) is 0 Å². The molecule has 0 heterocycles. The van der Waals surface area contributed by atoms with Crippen LogP contribution in [-0.4, -0.2) is 22.2 Å². The van der Waals surface area contributed by atoms with Gasteiger partial charge in [0.15, 0.2) is 0 Å². The summed E-state index contributed by atoms with van der Waals surface area (Å²) in [7, 11) is 0. The molecule has 0 fully saturated rings. The summed E-state index contributed by atoms with van der Waals surface area (Å²) in [6.45, 7) is 3.69. The van der Waals surface area contributed by atoms with Gasteiger partial charge < -0.3 is 10.2 Å². The van der Waals surface area contributed by atoms with Crippen LogP contribution in [0.15, 0.2) is 24.3 Å². The average Bonchev–Trinajstić information content (AvgIpc) is 2.44. The van der Waals surface area contributed by atoms with Crippen molar-refractivity contribution < 1.29 is 19.8 Å². The molecule has 0 aliphatic carbocycles. The predicted molar refractivity (Wildman–Crippen MR) is 81.3 cm³/mol. The van der Waals surface area contributed by atoms with Crippen molar-refractivity contribution in [2.45, 2.75) is 46.0 Å². The minimum absolute atomic E-state index is 0.179. The van der Waals surface area contributed by atoms with Gasteiger partial charge in [0, 0.05) is 0 Å². The van der Waals surface area contributed by atoms with Crippen molar-refractivity contribution >= 4 is 11.9 Å². The Morgan fingerprint density at radius 1 is 1.00 bits per heavy atom. The van der Waals surface area contributed by atoms with Crippen molar-refractivity contribution in [2.75, 3.05) is 0 Å². The molecule has 0 saturated heterocycles. The summed E-state index contributed by atoms with van der Waals surface area (Å²) in [4.78, 5) is 22.1. The molecule has 0 aliphatic rings. The lowest BCUT2D eigenvalue weighted by molar-refractivity contribution is -0.145. The van der Waals surface area contributed by atoms with Crippen LogP contribution in [0.5, 0.6) is 0 Å². The first-order valence-corrected chi connectivity index (χ1v) is 7.47. The topological polar surface area (TPSA) is 74.6 Å². The van der Waals surface area contributed by atoms with Crippen LogP contribution in [0.25, 0.3) is 0 Å². The highest BCUT2D eigenvalue weighted by atomic mass is 16.4. The van der Waals surface area contributed by atoms with Gasteiger partial charge >= 0.3 is 11.9 Å². The number of benzene rings is 1. The van der Waals surface area contributed by atoms with Crippen LogP contribution in [-0.2, 0) is 22.4 Å². The number of carboxylic acids is 2. The Bertz CT molecular complexity index is 464. The SMILES string of the molecule is CCCc1ccc(CC[C@@H](CC(C)C(=O)O)C(=O)O)cc1. The van der Waals surface area contributed by atoms with Crippen LogP contribution in [0, 0.1) is 11.8 Å².